The molecule has 1 aromatic rings. The summed E-state index contributed by atoms with van der Waals surface area (Å²) in [6, 6.07) is 6.79. The molecule has 3 heteroatoms. The van der Waals surface area contributed by atoms with Crippen molar-refractivity contribution in [2.24, 2.45) is 5.92 Å². The zero-order valence-corrected chi connectivity index (χ0v) is 13.6. The number of carbonyl (C=O) groups is 1. The molecule has 1 fully saturated rings. The maximum atomic E-state index is 12.1. The van der Waals surface area contributed by atoms with E-state index in [1.54, 1.807) is 11.8 Å². The Morgan fingerprint density at radius 3 is 2.80 bits per heavy atom. The molecule has 0 aromatic heterocycles. The van der Waals surface area contributed by atoms with Crippen LogP contribution in [0.3, 0.4) is 0 Å². The maximum absolute atomic E-state index is 12.1. The first-order valence-corrected chi connectivity index (χ1v) is 8.54. The largest absolute Gasteiger partial charge is 0.352 e. The Morgan fingerprint density at radius 2 is 2.05 bits per heavy atom. The first kappa shape index (κ1) is 15.4. The number of thioether (sulfide) groups is 1. The van der Waals surface area contributed by atoms with E-state index in [0.717, 1.165) is 6.42 Å². The van der Waals surface area contributed by atoms with Crippen LogP contribution in [0, 0.1) is 19.8 Å². The fourth-order valence-electron chi connectivity index (χ4n) is 2.79. The number of rotatable bonds is 4. The SMILES string of the molecule is Cc1ccc(C)c(SCC(=O)N[C@@H]2CCCC[C@H]2C)c1. The first-order chi connectivity index (χ1) is 9.56. The number of nitrogens with one attached hydrogen (secondary N) is 1. The van der Waals surface area contributed by atoms with Crippen LogP contribution < -0.4 is 5.32 Å². The highest BCUT2D eigenvalue weighted by molar-refractivity contribution is 8.00. The molecule has 2 rings (SSSR count). The Hall–Kier alpha value is -0.960. The highest BCUT2D eigenvalue weighted by Gasteiger charge is 2.22. The highest BCUT2D eigenvalue weighted by Crippen LogP contribution is 2.25. The zero-order valence-electron chi connectivity index (χ0n) is 12.7. The summed E-state index contributed by atoms with van der Waals surface area (Å²) >= 11 is 1.65. The molecule has 1 N–H and O–H groups in total. The minimum Gasteiger partial charge on any atom is -0.352 e. The van der Waals surface area contributed by atoms with E-state index in [1.807, 2.05) is 0 Å². The van der Waals surface area contributed by atoms with Gasteiger partial charge in [-0.05, 0) is 44.2 Å². The number of carbonyl (C=O) groups excluding carboxylic acids is 1. The van der Waals surface area contributed by atoms with E-state index < -0.39 is 0 Å². The van der Waals surface area contributed by atoms with Crippen LogP contribution in [0.25, 0.3) is 0 Å². The summed E-state index contributed by atoms with van der Waals surface area (Å²) in [5.41, 5.74) is 2.50. The van der Waals surface area contributed by atoms with Crippen molar-refractivity contribution < 1.29 is 4.79 Å². The Kier molecular flexibility index (Phi) is 5.53. The minimum absolute atomic E-state index is 0.176. The van der Waals surface area contributed by atoms with Gasteiger partial charge < -0.3 is 5.32 Å². The van der Waals surface area contributed by atoms with Crippen LogP contribution in [-0.4, -0.2) is 17.7 Å². The maximum Gasteiger partial charge on any atom is 0.230 e. The molecule has 0 heterocycles. The van der Waals surface area contributed by atoms with E-state index in [0.29, 0.717) is 17.7 Å². The standard InChI is InChI=1S/C17H25NOS/c1-12-8-9-14(3)16(10-12)20-11-17(19)18-15-7-5-4-6-13(15)2/h8-10,13,15H,4-7,11H2,1-3H3,(H,18,19)/t13-,15-/m1/s1. The molecule has 0 aliphatic heterocycles. The van der Waals surface area contributed by atoms with Gasteiger partial charge in [0.1, 0.15) is 0 Å². The summed E-state index contributed by atoms with van der Waals surface area (Å²) in [4.78, 5) is 13.3. The molecule has 0 spiro atoms. The molecular formula is C17H25NOS. The Balaban J connectivity index is 1.84. The molecular weight excluding hydrogens is 266 g/mol. The summed E-state index contributed by atoms with van der Waals surface area (Å²) in [6.07, 6.45) is 4.94. The van der Waals surface area contributed by atoms with Crippen LogP contribution in [0.5, 0.6) is 0 Å². The van der Waals surface area contributed by atoms with Crippen molar-refractivity contribution in [3.05, 3.63) is 29.3 Å². The predicted octanol–water partition coefficient (Wildman–Crippen LogP) is 4.09. The molecule has 0 radical (unpaired) electrons. The lowest BCUT2D eigenvalue weighted by Gasteiger charge is -2.29. The number of hydrogen-bond donors (Lipinski definition) is 1. The van der Waals surface area contributed by atoms with Crippen molar-refractivity contribution in [1.82, 2.24) is 5.32 Å². The van der Waals surface area contributed by atoms with Gasteiger partial charge in [-0.3, -0.25) is 4.79 Å². The number of hydrogen-bond acceptors (Lipinski definition) is 2. The van der Waals surface area contributed by atoms with Crippen LogP contribution in [-0.2, 0) is 4.79 Å². The number of benzene rings is 1. The molecule has 1 saturated carbocycles. The Bertz CT molecular complexity index is 472. The van der Waals surface area contributed by atoms with Gasteiger partial charge in [0, 0.05) is 10.9 Å². The molecule has 0 bridgehead atoms. The highest BCUT2D eigenvalue weighted by atomic mass is 32.2. The van der Waals surface area contributed by atoms with Gasteiger partial charge in [-0.2, -0.15) is 0 Å². The van der Waals surface area contributed by atoms with Crippen LogP contribution in [0.15, 0.2) is 23.1 Å². The molecule has 0 saturated heterocycles. The third-order valence-electron chi connectivity index (χ3n) is 4.16. The number of aryl methyl sites for hydroxylation is 2. The van der Waals surface area contributed by atoms with Crippen LogP contribution in [0.4, 0.5) is 0 Å². The van der Waals surface area contributed by atoms with Gasteiger partial charge in [0.25, 0.3) is 0 Å². The van der Waals surface area contributed by atoms with Crippen molar-refractivity contribution in [2.45, 2.75) is 57.4 Å². The summed E-state index contributed by atoms with van der Waals surface area (Å²) in [7, 11) is 0. The van der Waals surface area contributed by atoms with Crippen molar-refractivity contribution >= 4 is 17.7 Å². The monoisotopic (exact) mass is 291 g/mol. The predicted molar refractivity (Wildman–Crippen MR) is 86.2 cm³/mol. The van der Waals surface area contributed by atoms with Crippen LogP contribution in [0.2, 0.25) is 0 Å². The second-order valence-corrected chi connectivity index (χ2v) is 7.01. The fourth-order valence-corrected chi connectivity index (χ4v) is 3.72. The Labute approximate surface area is 126 Å². The third kappa shape index (κ3) is 4.27. The third-order valence-corrected chi connectivity index (χ3v) is 5.32. The van der Waals surface area contributed by atoms with E-state index in [-0.39, 0.29) is 5.91 Å². The van der Waals surface area contributed by atoms with E-state index >= 15 is 0 Å². The van der Waals surface area contributed by atoms with Crippen molar-refractivity contribution in [2.75, 3.05) is 5.75 Å². The number of amides is 1. The fraction of sp³-hybridized carbons (Fsp3) is 0.588. The summed E-state index contributed by atoms with van der Waals surface area (Å²) in [6.45, 7) is 6.44. The van der Waals surface area contributed by atoms with Gasteiger partial charge in [0.05, 0.1) is 5.75 Å². The van der Waals surface area contributed by atoms with Crippen molar-refractivity contribution in [1.29, 1.82) is 0 Å². The van der Waals surface area contributed by atoms with E-state index in [4.69, 9.17) is 0 Å². The molecule has 2 atom stereocenters. The van der Waals surface area contributed by atoms with E-state index in [1.165, 1.54) is 35.3 Å². The lowest BCUT2D eigenvalue weighted by atomic mass is 9.86. The first-order valence-electron chi connectivity index (χ1n) is 7.55. The van der Waals surface area contributed by atoms with Gasteiger partial charge in [0.15, 0.2) is 0 Å². The quantitative estimate of drug-likeness (QED) is 0.847. The second-order valence-electron chi connectivity index (χ2n) is 5.99. The van der Waals surface area contributed by atoms with Gasteiger partial charge in [0.2, 0.25) is 5.91 Å². The molecule has 20 heavy (non-hydrogen) atoms. The van der Waals surface area contributed by atoms with Crippen molar-refractivity contribution in [3.63, 3.8) is 0 Å². The molecule has 1 aliphatic rings. The summed E-state index contributed by atoms with van der Waals surface area (Å²) in [5.74, 6) is 1.32. The molecule has 0 unspecified atom stereocenters. The average Bonchev–Trinajstić information content (AvgIpc) is 2.42. The molecule has 2 nitrogen and oxygen atoms in total. The normalized spacial score (nSPS) is 22.6. The lowest BCUT2D eigenvalue weighted by Crippen LogP contribution is -2.41. The minimum atomic E-state index is 0.176. The van der Waals surface area contributed by atoms with E-state index in [2.05, 4.69) is 44.3 Å². The molecule has 110 valence electrons. The topological polar surface area (TPSA) is 29.1 Å². The smallest absolute Gasteiger partial charge is 0.230 e. The molecule has 1 aromatic carbocycles. The van der Waals surface area contributed by atoms with Crippen LogP contribution >= 0.6 is 11.8 Å². The zero-order chi connectivity index (χ0) is 14.5. The van der Waals surface area contributed by atoms with Gasteiger partial charge in [-0.15, -0.1) is 11.8 Å². The average molecular weight is 291 g/mol. The van der Waals surface area contributed by atoms with Gasteiger partial charge in [-0.25, -0.2) is 0 Å². The van der Waals surface area contributed by atoms with Gasteiger partial charge >= 0.3 is 0 Å². The Morgan fingerprint density at radius 1 is 1.30 bits per heavy atom. The van der Waals surface area contributed by atoms with Gasteiger partial charge in [-0.1, -0.05) is 37.5 Å². The van der Waals surface area contributed by atoms with Crippen LogP contribution in [0.1, 0.15) is 43.7 Å². The van der Waals surface area contributed by atoms with E-state index in [9.17, 15) is 4.79 Å². The lowest BCUT2D eigenvalue weighted by molar-refractivity contribution is -0.119. The summed E-state index contributed by atoms with van der Waals surface area (Å²) in [5, 5.41) is 3.21. The molecule has 1 aliphatic carbocycles. The second kappa shape index (κ2) is 7.16. The molecule has 1 amide bonds. The van der Waals surface area contributed by atoms with Crippen molar-refractivity contribution in [3.8, 4) is 0 Å². The summed E-state index contributed by atoms with van der Waals surface area (Å²) < 4.78 is 0.